The predicted molar refractivity (Wildman–Crippen MR) is 80.3 cm³/mol. The van der Waals surface area contributed by atoms with E-state index in [0.29, 0.717) is 0 Å². The lowest BCUT2D eigenvalue weighted by Crippen LogP contribution is -2.49. The maximum atomic E-state index is 12.4. The maximum absolute atomic E-state index is 12.4. The van der Waals surface area contributed by atoms with Crippen LogP contribution in [0, 0.1) is 0 Å². The van der Waals surface area contributed by atoms with Crippen molar-refractivity contribution in [2.24, 2.45) is 0 Å². The van der Waals surface area contributed by atoms with Crippen LogP contribution in [0.25, 0.3) is 0 Å². The van der Waals surface area contributed by atoms with Crippen molar-refractivity contribution in [1.82, 2.24) is 9.80 Å². The first-order chi connectivity index (χ1) is 8.72. The molecule has 2 rings (SSSR count). The first kappa shape index (κ1) is 14.0. The Morgan fingerprint density at radius 1 is 1.17 bits per heavy atom. The zero-order chi connectivity index (χ0) is 13.0. The maximum Gasteiger partial charge on any atom is 0.255 e. The molecular formula is C13H16Br2N2O. The van der Waals surface area contributed by atoms with Gasteiger partial charge in [0.1, 0.15) is 0 Å². The molecule has 0 N–H and O–H groups in total. The Labute approximate surface area is 124 Å². The average Bonchev–Trinajstić information content (AvgIpc) is 2.40. The van der Waals surface area contributed by atoms with E-state index >= 15 is 0 Å². The van der Waals surface area contributed by atoms with Crippen molar-refractivity contribution in [1.29, 1.82) is 0 Å². The first-order valence-corrected chi connectivity index (χ1v) is 7.96. The summed E-state index contributed by atoms with van der Waals surface area (Å²) in [5.74, 6) is 0.126. The number of nitrogens with zero attached hydrogens (tertiary/aromatic N) is 2. The highest BCUT2D eigenvalue weighted by Crippen LogP contribution is 2.18. The summed E-state index contributed by atoms with van der Waals surface area (Å²) in [6, 6.07) is 7.61. The van der Waals surface area contributed by atoms with Crippen molar-refractivity contribution in [2.45, 2.75) is 0 Å². The van der Waals surface area contributed by atoms with Crippen molar-refractivity contribution in [2.75, 3.05) is 38.1 Å². The van der Waals surface area contributed by atoms with Crippen LogP contribution in [0.3, 0.4) is 0 Å². The van der Waals surface area contributed by atoms with Crippen molar-refractivity contribution >= 4 is 37.8 Å². The van der Waals surface area contributed by atoms with Gasteiger partial charge in [0, 0.05) is 42.5 Å². The summed E-state index contributed by atoms with van der Waals surface area (Å²) in [5.41, 5.74) is 0.756. The summed E-state index contributed by atoms with van der Waals surface area (Å²) < 4.78 is 0.873. The summed E-state index contributed by atoms with van der Waals surface area (Å²) in [6.07, 6.45) is 0. The topological polar surface area (TPSA) is 23.6 Å². The van der Waals surface area contributed by atoms with Gasteiger partial charge in [0.15, 0.2) is 0 Å². The Kier molecular flexibility index (Phi) is 5.21. The number of piperazine rings is 1. The first-order valence-electron chi connectivity index (χ1n) is 6.04. The molecule has 0 radical (unpaired) electrons. The number of halogens is 2. The lowest BCUT2D eigenvalue weighted by atomic mass is 10.2. The highest BCUT2D eigenvalue weighted by atomic mass is 79.9. The van der Waals surface area contributed by atoms with Crippen molar-refractivity contribution < 1.29 is 4.79 Å². The van der Waals surface area contributed by atoms with E-state index in [1.54, 1.807) is 0 Å². The average molecular weight is 376 g/mol. The molecule has 0 aromatic heterocycles. The molecule has 0 bridgehead atoms. The van der Waals surface area contributed by atoms with E-state index in [2.05, 4.69) is 36.8 Å². The Balaban J connectivity index is 1.98. The van der Waals surface area contributed by atoms with Crippen LogP contribution >= 0.6 is 31.9 Å². The normalized spacial score (nSPS) is 16.9. The number of carbonyl (C=O) groups is 1. The summed E-state index contributed by atoms with van der Waals surface area (Å²) in [6.45, 7) is 4.60. The monoisotopic (exact) mass is 374 g/mol. The number of amides is 1. The minimum atomic E-state index is 0.126. The molecular weight excluding hydrogens is 360 g/mol. The van der Waals surface area contributed by atoms with Crippen molar-refractivity contribution in [3.63, 3.8) is 0 Å². The molecule has 98 valence electrons. The van der Waals surface area contributed by atoms with Gasteiger partial charge >= 0.3 is 0 Å². The van der Waals surface area contributed by atoms with Gasteiger partial charge in [-0.2, -0.15) is 0 Å². The molecule has 1 heterocycles. The van der Waals surface area contributed by atoms with Crippen LogP contribution in [0.15, 0.2) is 28.7 Å². The number of hydrogen-bond acceptors (Lipinski definition) is 2. The second-order valence-corrected chi connectivity index (χ2v) is 5.95. The fourth-order valence-electron chi connectivity index (χ4n) is 2.10. The molecule has 0 saturated carbocycles. The minimum Gasteiger partial charge on any atom is -0.336 e. The second-order valence-electron chi connectivity index (χ2n) is 4.30. The summed E-state index contributed by atoms with van der Waals surface area (Å²) in [7, 11) is 0. The van der Waals surface area contributed by atoms with Crippen LogP contribution in [0.2, 0.25) is 0 Å². The van der Waals surface area contributed by atoms with Crippen LogP contribution in [-0.4, -0.2) is 53.8 Å². The van der Waals surface area contributed by atoms with E-state index in [1.807, 2.05) is 29.2 Å². The largest absolute Gasteiger partial charge is 0.336 e. The predicted octanol–water partition coefficient (Wildman–Crippen LogP) is 2.60. The number of hydrogen-bond donors (Lipinski definition) is 0. The standard InChI is InChI=1S/C13H16Br2N2O/c14-5-6-16-7-9-17(10-8-16)13(18)11-3-1-2-4-12(11)15/h1-4H,5-10H2. The smallest absolute Gasteiger partial charge is 0.255 e. The Bertz CT molecular complexity index is 417. The molecule has 5 heteroatoms. The fourth-order valence-corrected chi connectivity index (χ4v) is 3.05. The third-order valence-corrected chi connectivity index (χ3v) is 4.21. The molecule has 1 aliphatic rings. The molecule has 1 saturated heterocycles. The van der Waals surface area contributed by atoms with Gasteiger partial charge < -0.3 is 4.90 Å². The highest BCUT2D eigenvalue weighted by molar-refractivity contribution is 9.10. The van der Waals surface area contributed by atoms with Gasteiger partial charge in [0.25, 0.3) is 5.91 Å². The van der Waals surface area contributed by atoms with E-state index < -0.39 is 0 Å². The zero-order valence-electron chi connectivity index (χ0n) is 10.1. The van der Waals surface area contributed by atoms with Crippen molar-refractivity contribution in [3.05, 3.63) is 34.3 Å². The number of benzene rings is 1. The van der Waals surface area contributed by atoms with Gasteiger partial charge in [-0.15, -0.1) is 0 Å². The van der Waals surface area contributed by atoms with Crippen LogP contribution < -0.4 is 0 Å². The van der Waals surface area contributed by atoms with Crippen LogP contribution in [0.4, 0.5) is 0 Å². The second kappa shape index (κ2) is 6.68. The van der Waals surface area contributed by atoms with Crippen LogP contribution in [-0.2, 0) is 0 Å². The van der Waals surface area contributed by atoms with Gasteiger partial charge in [-0.1, -0.05) is 28.1 Å². The van der Waals surface area contributed by atoms with E-state index in [-0.39, 0.29) is 5.91 Å². The number of carbonyl (C=O) groups excluding carboxylic acids is 1. The minimum absolute atomic E-state index is 0.126. The number of alkyl halides is 1. The lowest BCUT2D eigenvalue weighted by molar-refractivity contribution is 0.0644. The molecule has 1 aromatic carbocycles. The van der Waals surface area contributed by atoms with Crippen LogP contribution in [0.1, 0.15) is 10.4 Å². The van der Waals surface area contributed by atoms with Gasteiger partial charge in [0.05, 0.1) is 5.56 Å². The Morgan fingerprint density at radius 3 is 2.44 bits per heavy atom. The van der Waals surface area contributed by atoms with Gasteiger partial charge in [-0.3, -0.25) is 9.69 Å². The van der Waals surface area contributed by atoms with Gasteiger partial charge in [0.2, 0.25) is 0 Å². The van der Waals surface area contributed by atoms with Gasteiger partial charge in [-0.25, -0.2) is 0 Å². The van der Waals surface area contributed by atoms with Crippen molar-refractivity contribution in [3.8, 4) is 0 Å². The third-order valence-electron chi connectivity index (χ3n) is 3.16. The van der Waals surface area contributed by atoms with Crippen LogP contribution in [0.5, 0.6) is 0 Å². The molecule has 1 fully saturated rings. The molecule has 18 heavy (non-hydrogen) atoms. The molecule has 0 unspecified atom stereocenters. The van der Waals surface area contributed by atoms with E-state index in [0.717, 1.165) is 48.1 Å². The van der Waals surface area contributed by atoms with E-state index in [4.69, 9.17) is 0 Å². The molecule has 1 aromatic rings. The summed E-state index contributed by atoms with van der Waals surface area (Å²) >= 11 is 6.88. The molecule has 3 nitrogen and oxygen atoms in total. The zero-order valence-corrected chi connectivity index (χ0v) is 13.3. The summed E-state index contributed by atoms with van der Waals surface area (Å²) in [4.78, 5) is 16.7. The SMILES string of the molecule is O=C(c1ccccc1Br)N1CCN(CCBr)CC1. The molecule has 0 atom stereocenters. The Morgan fingerprint density at radius 2 is 1.83 bits per heavy atom. The molecule has 0 aliphatic carbocycles. The molecule has 0 spiro atoms. The lowest BCUT2D eigenvalue weighted by Gasteiger charge is -2.34. The van der Waals surface area contributed by atoms with E-state index in [9.17, 15) is 4.79 Å². The number of rotatable bonds is 3. The highest BCUT2D eigenvalue weighted by Gasteiger charge is 2.22. The Hall–Kier alpha value is -0.390. The fraction of sp³-hybridized carbons (Fsp3) is 0.462. The molecule has 1 aliphatic heterocycles. The van der Waals surface area contributed by atoms with Gasteiger partial charge in [-0.05, 0) is 28.1 Å². The molecule has 1 amide bonds. The summed E-state index contributed by atoms with van der Waals surface area (Å²) in [5, 5.41) is 0.991. The quantitative estimate of drug-likeness (QED) is 0.758. The third kappa shape index (κ3) is 3.33. The van der Waals surface area contributed by atoms with E-state index in [1.165, 1.54) is 0 Å².